The molecule has 0 spiro atoms. The van der Waals surface area contributed by atoms with E-state index in [-0.39, 0.29) is 0 Å². The van der Waals surface area contributed by atoms with Crippen LogP contribution < -0.4 is 5.32 Å². The van der Waals surface area contributed by atoms with Crippen LogP contribution in [0.4, 0.5) is 0 Å². The predicted molar refractivity (Wildman–Crippen MR) is 63.6 cm³/mol. The fourth-order valence-electron chi connectivity index (χ4n) is 2.48. The van der Waals surface area contributed by atoms with E-state index in [1.807, 2.05) is 0 Å². The standard InChI is InChI=1S/C13H27N/c1-2-14-13-11-9-7-5-3-4-6-8-10-12-13/h13-14H,2-12H2,1H3. The highest BCUT2D eigenvalue weighted by molar-refractivity contribution is 4.67. The molecular formula is C13H27N. The molecular weight excluding hydrogens is 170 g/mol. The highest BCUT2D eigenvalue weighted by Gasteiger charge is 2.07. The SMILES string of the molecule is CCNC1CCCCCCCCCC1. The van der Waals surface area contributed by atoms with E-state index in [0.29, 0.717) is 0 Å². The summed E-state index contributed by atoms with van der Waals surface area (Å²) in [7, 11) is 0. The lowest BCUT2D eigenvalue weighted by atomic mass is 10.0. The lowest BCUT2D eigenvalue weighted by Crippen LogP contribution is -2.28. The minimum atomic E-state index is 0.818. The van der Waals surface area contributed by atoms with E-state index in [1.165, 1.54) is 64.2 Å². The maximum Gasteiger partial charge on any atom is 0.00669 e. The number of hydrogen-bond donors (Lipinski definition) is 1. The van der Waals surface area contributed by atoms with Gasteiger partial charge in [0.1, 0.15) is 0 Å². The van der Waals surface area contributed by atoms with Crippen LogP contribution in [0.1, 0.15) is 71.1 Å². The van der Waals surface area contributed by atoms with Gasteiger partial charge < -0.3 is 5.32 Å². The molecule has 0 heterocycles. The molecule has 1 aliphatic rings. The molecule has 0 bridgehead atoms. The van der Waals surface area contributed by atoms with E-state index in [0.717, 1.165) is 12.6 Å². The average molecular weight is 197 g/mol. The lowest BCUT2D eigenvalue weighted by molar-refractivity contribution is 0.431. The second-order valence-electron chi connectivity index (χ2n) is 4.66. The van der Waals surface area contributed by atoms with Crippen LogP contribution in [0.2, 0.25) is 0 Å². The van der Waals surface area contributed by atoms with E-state index >= 15 is 0 Å². The Morgan fingerprint density at radius 1 is 0.786 bits per heavy atom. The van der Waals surface area contributed by atoms with Gasteiger partial charge in [0.15, 0.2) is 0 Å². The van der Waals surface area contributed by atoms with E-state index < -0.39 is 0 Å². The third kappa shape index (κ3) is 5.64. The summed E-state index contributed by atoms with van der Waals surface area (Å²) in [4.78, 5) is 0. The van der Waals surface area contributed by atoms with Crippen LogP contribution >= 0.6 is 0 Å². The molecule has 1 heteroatoms. The normalized spacial score (nSPS) is 22.9. The molecule has 1 saturated carbocycles. The Labute approximate surface area is 89.7 Å². The van der Waals surface area contributed by atoms with Crippen molar-refractivity contribution in [3.63, 3.8) is 0 Å². The van der Waals surface area contributed by atoms with Crippen molar-refractivity contribution in [3.8, 4) is 0 Å². The molecule has 1 nitrogen and oxygen atoms in total. The smallest absolute Gasteiger partial charge is 0.00669 e. The summed E-state index contributed by atoms with van der Waals surface area (Å²) < 4.78 is 0. The molecule has 0 radical (unpaired) electrons. The zero-order valence-electron chi connectivity index (χ0n) is 9.86. The number of nitrogens with one attached hydrogen (secondary N) is 1. The van der Waals surface area contributed by atoms with Crippen molar-refractivity contribution >= 4 is 0 Å². The lowest BCUT2D eigenvalue weighted by Gasteiger charge is -2.17. The maximum atomic E-state index is 3.62. The second kappa shape index (κ2) is 8.28. The topological polar surface area (TPSA) is 12.0 Å². The molecule has 1 fully saturated rings. The molecule has 0 saturated heterocycles. The molecule has 0 aromatic heterocycles. The van der Waals surface area contributed by atoms with Crippen LogP contribution in [0.15, 0.2) is 0 Å². The summed E-state index contributed by atoms with van der Waals surface area (Å²) in [6.45, 7) is 3.37. The van der Waals surface area contributed by atoms with Gasteiger partial charge >= 0.3 is 0 Å². The molecule has 1 N–H and O–H groups in total. The summed E-state index contributed by atoms with van der Waals surface area (Å²) in [5.41, 5.74) is 0. The highest BCUT2D eigenvalue weighted by atomic mass is 14.9. The minimum absolute atomic E-state index is 0.818. The second-order valence-corrected chi connectivity index (χ2v) is 4.66. The molecule has 0 aliphatic heterocycles. The van der Waals surface area contributed by atoms with Crippen molar-refractivity contribution in [1.82, 2.24) is 5.32 Å². The summed E-state index contributed by atoms with van der Waals surface area (Å²) in [6, 6.07) is 0.818. The minimum Gasteiger partial charge on any atom is -0.314 e. The molecule has 84 valence electrons. The first kappa shape index (κ1) is 12.0. The van der Waals surface area contributed by atoms with Gasteiger partial charge in [0, 0.05) is 6.04 Å². The average Bonchev–Trinajstić information content (AvgIpc) is 2.24. The van der Waals surface area contributed by atoms with Crippen LogP contribution in [0.5, 0.6) is 0 Å². The van der Waals surface area contributed by atoms with Gasteiger partial charge in [-0.2, -0.15) is 0 Å². The zero-order chi connectivity index (χ0) is 10.1. The predicted octanol–water partition coefficient (Wildman–Crippen LogP) is 3.88. The Morgan fingerprint density at radius 3 is 1.64 bits per heavy atom. The number of rotatable bonds is 2. The summed E-state index contributed by atoms with van der Waals surface area (Å²) in [6.07, 6.45) is 14.5. The quantitative estimate of drug-likeness (QED) is 0.708. The molecule has 0 aromatic rings. The Bertz CT molecular complexity index is 110. The van der Waals surface area contributed by atoms with Crippen molar-refractivity contribution in [1.29, 1.82) is 0 Å². The van der Waals surface area contributed by atoms with Crippen LogP contribution in [-0.4, -0.2) is 12.6 Å². The first-order valence-corrected chi connectivity index (χ1v) is 6.67. The van der Waals surface area contributed by atoms with Crippen LogP contribution in [0, 0.1) is 0 Å². The fraction of sp³-hybridized carbons (Fsp3) is 1.00. The van der Waals surface area contributed by atoms with E-state index in [4.69, 9.17) is 0 Å². The fourth-order valence-corrected chi connectivity index (χ4v) is 2.48. The summed E-state index contributed by atoms with van der Waals surface area (Å²) >= 11 is 0. The monoisotopic (exact) mass is 197 g/mol. The van der Waals surface area contributed by atoms with Crippen molar-refractivity contribution in [2.24, 2.45) is 0 Å². The zero-order valence-corrected chi connectivity index (χ0v) is 9.86. The molecule has 1 rings (SSSR count). The van der Waals surface area contributed by atoms with Crippen LogP contribution in [0.3, 0.4) is 0 Å². The highest BCUT2D eigenvalue weighted by Crippen LogP contribution is 2.16. The van der Waals surface area contributed by atoms with Crippen molar-refractivity contribution < 1.29 is 0 Å². The Balaban J connectivity index is 2.20. The van der Waals surface area contributed by atoms with E-state index in [9.17, 15) is 0 Å². The third-order valence-corrected chi connectivity index (χ3v) is 3.35. The van der Waals surface area contributed by atoms with E-state index in [2.05, 4.69) is 12.2 Å². The first-order chi connectivity index (χ1) is 6.93. The Morgan fingerprint density at radius 2 is 1.21 bits per heavy atom. The maximum absolute atomic E-state index is 3.62. The third-order valence-electron chi connectivity index (χ3n) is 3.35. The van der Waals surface area contributed by atoms with Gasteiger partial charge in [-0.15, -0.1) is 0 Å². The van der Waals surface area contributed by atoms with E-state index in [1.54, 1.807) is 0 Å². The molecule has 0 aromatic carbocycles. The molecule has 0 amide bonds. The van der Waals surface area contributed by atoms with Gasteiger partial charge in [0.2, 0.25) is 0 Å². The Hall–Kier alpha value is -0.0400. The van der Waals surface area contributed by atoms with Crippen molar-refractivity contribution in [2.75, 3.05) is 6.54 Å². The van der Waals surface area contributed by atoms with Gasteiger partial charge in [-0.3, -0.25) is 0 Å². The van der Waals surface area contributed by atoms with Gasteiger partial charge in [-0.1, -0.05) is 58.3 Å². The molecule has 0 unspecified atom stereocenters. The summed E-state index contributed by atoms with van der Waals surface area (Å²) in [5.74, 6) is 0. The molecule has 1 aliphatic carbocycles. The van der Waals surface area contributed by atoms with Gasteiger partial charge in [0.25, 0.3) is 0 Å². The van der Waals surface area contributed by atoms with Gasteiger partial charge in [-0.05, 0) is 19.4 Å². The molecule has 0 atom stereocenters. The van der Waals surface area contributed by atoms with Gasteiger partial charge in [0.05, 0.1) is 0 Å². The van der Waals surface area contributed by atoms with Crippen molar-refractivity contribution in [3.05, 3.63) is 0 Å². The Kier molecular flexibility index (Phi) is 7.12. The van der Waals surface area contributed by atoms with Crippen molar-refractivity contribution in [2.45, 2.75) is 77.2 Å². The van der Waals surface area contributed by atoms with Crippen LogP contribution in [0.25, 0.3) is 0 Å². The molecule has 14 heavy (non-hydrogen) atoms. The first-order valence-electron chi connectivity index (χ1n) is 6.67. The van der Waals surface area contributed by atoms with Crippen LogP contribution in [-0.2, 0) is 0 Å². The number of hydrogen-bond acceptors (Lipinski definition) is 1. The van der Waals surface area contributed by atoms with Gasteiger partial charge in [-0.25, -0.2) is 0 Å². The largest absolute Gasteiger partial charge is 0.314 e. The summed E-state index contributed by atoms with van der Waals surface area (Å²) in [5, 5.41) is 3.62.